The summed E-state index contributed by atoms with van der Waals surface area (Å²) in [7, 11) is -8.65. The molecular formula is C17H40O7Si4. The lowest BCUT2D eigenvalue weighted by atomic mass is 10.4. The monoisotopic (exact) mass is 468 g/mol. The maximum atomic E-state index is 11.2. The predicted molar refractivity (Wildman–Crippen MR) is 121 cm³/mol. The van der Waals surface area contributed by atoms with E-state index in [4.69, 9.17) is 22.2 Å². The van der Waals surface area contributed by atoms with E-state index in [1.807, 2.05) is 0 Å². The number of aliphatic hydroxyl groups excluding tert-OH is 1. The van der Waals surface area contributed by atoms with Crippen LogP contribution in [0.25, 0.3) is 0 Å². The Hall–Kier alpha value is -0.152. The van der Waals surface area contributed by atoms with E-state index >= 15 is 0 Å². The number of ether oxygens (including phenoxy) is 1. The zero-order chi connectivity index (χ0) is 22.2. The first-order chi connectivity index (χ1) is 12.5. The van der Waals surface area contributed by atoms with Gasteiger partial charge in [0, 0.05) is 13.5 Å². The molecule has 166 valence electrons. The molecule has 0 heterocycles. The number of aliphatic hydroxyl groups is 1. The normalized spacial score (nSPS) is 13.5. The highest BCUT2D eigenvalue weighted by molar-refractivity contribution is 6.89. The topological polar surface area (TPSA) is 91.3 Å². The van der Waals surface area contributed by atoms with Crippen LogP contribution in [-0.4, -0.2) is 63.8 Å². The largest absolute Gasteiger partial charge is 0.460 e. The molecule has 0 atom stereocenters. The third-order valence-corrected chi connectivity index (χ3v) is 19.3. The molecule has 1 N–H and O–H groups in total. The second kappa shape index (κ2) is 11.3. The van der Waals surface area contributed by atoms with E-state index in [0.717, 1.165) is 18.5 Å². The molecule has 0 aliphatic heterocycles. The number of hydrogen-bond acceptors (Lipinski definition) is 7. The first kappa shape index (κ1) is 27.8. The standard InChI is InChI=1S/C17H40O7Si4/c1-16(19)17(20)21-13-11-15-26(4,5)23-28(8,9)24-27(6,7)22-25(2,3)14-10-12-18/h18H,10-15H2,1-9H3. The SMILES string of the molecule is CC(=O)C(=O)OCCC[Si](C)(C)O[Si](C)(C)O[Si](C)(C)O[Si](C)(C)CCCO. The lowest BCUT2D eigenvalue weighted by Gasteiger charge is -2.41. The molecule has 0 unspecified atom stereocenters. The van der Waals surface area contributed by atoms with E-state index in [1.165, 1.54) is 6.92 Å². The van der Waals surface area contributed by atoms with Crippen LogP contribution in [0.2, 0.25) is 64.5 Å². The summed E-state index contributed by atoms with van der Waals surface area (Å²) in [5, 5.41) is 9.08. The number of esters is 1. The Labute approximate surface area is 174 Å². The molecule has 0 saturated heterocycles. The molecule has 0 saturated carbocycles. The molecule has 28 heavy (non-hydrogen) atoms. The minimum atomic E-state index is -2.40. The van der Waals surface area contributed by atoms with Crippen LogP contribution in [0.15, 0.2) is 0 Å². The Kier molecular flexibility index (Phi) is 11.2. The first-order valence-corrected chi connectivity index (χ1v) is 21.8. The Morgan fingerprint density at radius 1 is 0.750 bits per heavy atom. The van der Waals surface area contributed by atoms with E-state index in [2.05, 4.69) is 52.4 Å². The fraction of sp³-hybridized carbons (Fsp3) is 0.882. The van der Waals surface area contributed by atoms with Gasteiger partial charge in [-0.2, -0.15) is 0 Å². The van der Waals surface area contributed by atoms with E-state index in [1.54, 1.807) is 0 Å². The van der Waals surface area contributed by atoms with Crippen LogP contribution in [0.4, 0.5) is 0 Å². The lowest BCUT2D eigenvalue weighted by Crippen LogP contribution is -2.56. The van der Waals surface area contributed by atoms with Gasteiger partial charge in [0.15, 0.2) is 16.6 Å². The maximum Gasteiger partial charge on any atom is 0.374 e. The van der Waals surface area contributed by atoms with Crippen LogP contribution in [0, 0.1) is 0 Å². The number of carbonyl (C=O) groups excluding carboxylic acids is 2. The van der Waals surface area contributed by atoms with E-state index < -0.39 is 45.5 Å². The molecule has 11 heteroatoms. The highest BCUT2D eigenvalue weighted by atomic mass is 28.5. The number of rotatable bonds is 14. The predicted octanol–water partition coefficient (Wildman–Crippen LogP) is 3.75. The zero-order valence-corrected chi connectivity index (χ0v) is 23.1. The van der Waals surface area contributed by atoms with Crippen molar-refractivity contribution in [3.63, 3.8) is 0 Å². The summed E-state index contributed by atoms with van der Waals surface area (Å²) in [6.07, 6.45) is 1.43. The van der Waals surface area contributed by atoms with E-state index in [-0.39, 0.29) is 13.2 Å². The van der Waals surface area contributed by atoms with Gasteiger partial charge >= 0.3 is 23.1 Å². The molecule has 0 spiro atoms. The van der Waals surface area contributed by atoms with Gasteiger partial charge in [-0.15, -0.1) is 0 Å². The van der Waals surface area contributed by atoms with Crippen LogP contribution in [-0.2, 0) is 26.7 Å². The molecule has 0 amide bonds. The minimum absolute atomic E-state index is 0.188. The number of Topliss-reactive ketones (excluding diaryl/α,β-unsaturated/α-hetero) is 1. The highest BCUT2D eigenvalue weighted by Gasteiger charge is 2.43. The molecule has 0 aromatic heterocycles. The molecule has 0 aliphatic carbocycles. The van der Waals surface area contributed by atoms with E-state index in [9.17, 15) is 9.59 Å². The fourth-order valence-corrected chi connectivity index (χ4v) is 22.6. The first-order valence-electron chi connectivity index (χ1n) is 9.90. The number of hydrogen-bond donors (Lipinski definition) is 1. The smallest absolute Gasteiger partial charge is 0.374 e. The van der Waals surface area contributed by atoms with Crippen molar-refractivity contribution < 1.29 is 31.8 Å². The molecule has 7 nitrogen and oxygen atoms in total. The van der Waals surface area contributed by atoms with Crippen molar-refractivity contribution >= 4 is 45.5 Å². The molecule has 0 rings (SSSR count). The second-order valence-electron chi connectivity index (χ2n) is 9.25. The summed E-state index contributed by atoms with van der Waals surface area (Å²) >= 11 is 0. The molecule has 0 radical (unpaired) electrons. The Balaban J connectivity index is 4.65. The summed E-state index contributed by atoms with van der Waals surface area (Å²) in [6.45, 7) is 18.5. The van der Waals surface area contributed by atoms with Gasteiger partial charge in [0.25, 0.3) is 0 Å². The summed E-state index contributed by atoms with van der Waals surface area (Å²) in [4.78, 5) is 22.1. The van der Waals surface area contributed by atoms with Crippen LogP contribution in [0.5, 0.6) is 0 Å². The summed E-state index contributed by atoms with van der Waals surface area (Å²) in [6, 6.07) is 1.73. The summed E-state index contributed by atoms with van der Waals surface area (Å²) < 4.78 is 24.3. The van der Waals surface area contributed by atoms with Gasteiger partial charge in [-0.1, -0.05) is 0 Å². The summed E-state index contributed by atoms with van der Waals surface area (Å²) in [5.41, 5.74) is 0. The average molecular weight is 469 g/mol. The summed E-state index contributed by atoms with van der Waals surface area (Å²) in [5.74, 6) is -1.36. The molecule has 0 bridgehead atoms. The molecule has 0 aromatic rings. The van der Waals surface area contributed by atoms with Gasteiger partial charge in [-0.05, 0) is 77.3 Å². The second-order valence-corrected chi connectivity index (χ2v) is 25.3. The Bertz CT molecular complexity index is 522. The van der Waals surface area contributed by atoms with Gasteiger partial charge in [0.1, 0.15) is 0 Å². The zero-order valence-electron chi connectivity index (χ0n) is 19.1. The quantitative estimate of drug-likeness (QED) is 0.180. The maximum absolute atomic E-state index is 11.2. The van der Waals surface area contributed by atoms with Gasteiger partial charge in [0.05, 0.1) is 6.61 Å². The van der Waals surface area contributed by atoms with Crippen molar-refractivity contribution in [1.29, 1.82) is 0 Å². The van der Waals surface area contributed by atoms with Crippen LogP contribution in [0.3, 0.4) is 0 Å². The van der Waals surface area contributed by atoms with Crippen LogP contribution < -0.4 is 0 Å². The minimum Gasteiger partial charge on any atom is -0.460 e. The van der Waals surface area contributed by atoms with Crippen LogP contribution >= 0.6 is 0 Å². The van der Waals surface area contributed by atoms with Gasteiger partial charge in [-0.25, -0.2) is 4.79 Å². The van der Waals surface area contributed by atoms with Crippen molar-refractivity contribution in [1.82, 2.24) is 0 Å². The van der Waals surface area contributed by atoms with Crippen molar-refractivity contribution in [2.24, 2.45) is 0 Å². The van der Waals surface area contributed by atoms with Crippen molar-refractivity contribution in [2.75, 3.05) is 13.2 Å². The van der Waals surface area contributed by atoms with Gasteiger partial charge in [-0.3, -0.25) is 4.79 Å². The molecule has 0 aromatic carbocycles. The fourth-order valence-electron chi connectivity index (χ4n) is 3.34. The van der Waals surface area contributed by atoms with Gasteiger partial charge < -0.3 is 22.2 Å². The van der Waals surface area contributed by atoms with Crippen molar-refractivity contribution in [3.8, 4) is 0 Å². The van der Waals surface area contributed by atoms with E-state index in [0.29, 0.717) is 6.42 Å². The lowest BCUT2D eigenvalue weighted by molar-refractivity contribution is -0.152. The van der Waals surface area contributed by atoms with Crippen molar-refractivity contribution in [3.05, 3.63) is 0 Å². The molecule has 0 fully saturated rings. The Morgan fingerprint density at radius 3 is 1.57 bits per heavy atom. The third-order valence-electron chi connectivity index (χ3n) is 3.92. The highest BCUT2D eigenvalue weighted by Crippen LogP contribution is 2.27. The number of carbonyl (C=O) groups is 2. The average Bonchev–Trinajstić information content (AvgIpc) is 2.45. The van der Waals surface area contributed by atoms with Crippen LogP contribution in [0.1, 0.15) is 19.8 Å². The molecular weight excluding hydrogens is 429 g/mol. The molecule has 0 aliphatic rings. The number of ketones is 1. The van der Waals surface area contributed by atoms with Gasteiger partial charge in [0.2, 0.25) is 5.78 Å². The van der Waals surface area contributed by atoms with Crippen molar-refractivity contribution in [2.45, 2.75) is 84.2 Å². The third kappa shape index (κ3) is 13.1. The Morgan fingerprint density at radius 2 is 1.18 bits per heavy atom.